The van der Waals surface area contributed by atoms with Gasteiger partial charge in [0.05, 0.1) is 26.2 Å². The van der Waals surface area contributed by atoms with Gasteiger partial charge in [-0.2, -0.15) is 0 Å². The second-order valence-corrected chi connectivity index (χ2v) is 7.53. The summed E-state index contributed by atoms with van der Waals surface area (Å²) in [6, 6.07) is 13.5. The molecule has 0 aliphatic carbocycles. The summed E-state index contributed by atoms with van der Waals surface area (Å²) in [4.78, 5) is 14.5. The number of likely N-dealkylation sites (tertiary alicyclic amines) is 1. The van der Waals surface area contributed by atoms with Crippen LogP contribution in [-0.2, 0) is 21.6 Å². The Balaban J connectivity index is 1.65. The van der Waals surface area contributed by atoms with E-state index in [1.165, 1.54) is 6.07 Å². The lowest BCUT2D eigenvalue weighted by molar-refractivity contribution is -0.175. The zero-order valence-corrected chi connectivity index (χ0v) is 17.1. The molecule has 1 aliphatic rings. The molecule has 5 nitrogen and oxygen atoms in total. The van der Waals surface area contributed by atoms with Crippen LogP contribution in [0.1, 0.15) is 30.9 Å². The Labute approximate surface area is 171 Å². The molecule has 1 atom stereocenters. The third kappa shape index (κ3) is 4.77. The summed E-state index contributed by atoms with van der Waals surface area (Å²) in [6.07, 6.45) is 2.31. The minimum absolute atomic E-state index is 0.146. The van der Waals surface area contributed by atoms with Crippen molar-refractivity contribution in [3.05, 3.63) is 65.5 Å². The van der Waals surface area contributed by atoms with Crippen LogP contribution in [0.4, 0.5) is 4.39 Å². The van der Waals surface area contributed by atoms with E-state index in [4.69, 9.17) is 15.2 Å². The maximum atomic E-state index is 14.4. The van der Waals surface area contributed by atoms with Crippen LogP contribution in [-0.4, -0.2) is 43.7 Å². The van der Waals surface area contributed by atoms with Gasteiger partial charge in [0.1, 0.15) is 17.2 Å². The van der Waals surface area contributed by atoms with Crippen molar-refractivity contribution in [3.63, 3.8) is 0 Å². The number of unbranched alkanes of at least 4 members (excludes halogenated alkanes) is 1. The molecule has 1 saturated heterocycles. The van der Waals surface area contributed by atoms with Crippen LogP contribution >= 0.6 is 0 Å². The van der Waals surface area contributed by atoms with Crippen molar-refractivity contribution in [2.75, 3.05) is 26.8 Å². The van der Waals surface area contributed by atoms with Crippen molar-refractivity contribution in [2.24, 2.45) is 5.73 Å². The van der Waals surface area contributed by atoms with Crippen molar-refractivity contribution < 1.29 is 18.7 Å². The van der Waals surface area contributed by atoms with Crippen LogP contribution < -0.4 is 10.5 Å². The molecule has 0 saturated carbocycles. The molecule has 6 heteroatoms. The number of nitrogens with two attached hydrogens (primary N) is 1. The fourth-order valence-corrected chi connectivity index (χ4v) is 3.65. The molecule has 2 aromatic carbocycles. The molecule has 1 amide bonds. The highest BCUT2D eigenvalue weighted by Crippen LogP contribution is 2.38. The SMILES string of the molecule is CCCCOC1(c2ccccc2F)CN(C(=O)C(N)Cc2ccc(OC)cc2)C1. The maximum Gasteiger partial charge on any atom is 0.240 e. The van der Waals surface area contributed by atoms with Gasteiger partial charge in [-0.05, 0) is 36.6 Å². The van der Waals surface area contributed by atoms with Crippen LogP contribution in [0.15, 0.2) is 48.5 Å². The molecule has 1 unspecified atom stereocenters. The molecule has 156 valence electrons. The number of hydrogen-bond donors (Lipinski definition) is 1. The van der Waals surface area contributed by atoms with Gasteiger partial charge in [0.25, 0.3) is 0 Å². The summed E-state index contributed by atoms with van der Waals surface area (Å²) in [6.45, 7) is 3.23. The number of halogens is 1. The van der Waals surface area contributed by atoms with Crippen LogP contribution in [0.2, 0.25) is 0 Å². The maximum absolute atomic E-state index is 14.4. The highest BCUT2D eigenvalue weighted by molar-refractivity contribution is 5.83. The van der Waals surface area contributed by atoms with E-state index in [-0.39, 0.29) is 11.7 Å². The van der Waals surface area contributed by atoms with E-state index in [1.54, 1.807) is 30.2 Å². The molecular weight excluding hydrogens is 371 g/mol. The zero-order chi connectivity index (χ0) is 20.9. The van der Waals surface area contributed by atoms with Crippen molar-refractivity contribution in [1.29, 1.82) is 0 Å². The van der Waals surface area contributed by atoms with E-state index in [0.717, 1.165) is 24.2 Å². The van der Waals surface area contributed by atoms with Gasteiger partial charge in [0.15, 0.2) is 0 Å². The Morgan fingerprint density at radius 2 is 1.90 bits per heavy atom. The van der Waals surface area contributed by atoms with Crippen LogP contribution in [0, 0.1) is 5.82 Å². The van der Waals surface area contributed by atoms with Gasteiger partial charge in [-0.15, -0.1) is 0 Å². The summed E-state index contributed by atoms with van der Waals surface area (Å²) in [5.41, 5.74) is 6.84. The second kappa shape index (κ2) is 9.37. The largest absolute Gasteiger partial charge is 0.497 e. The second-order valence-electron chi connectivity index (χ2n) is 7.53. The number of methoxy groups -OCH3 is 1. The van der Waals surface area contributed by atoms with Crippen LogP contribution in [0.3, 0.4) is 0 Å². The number of amides is 1. The zero-order valence-electron chi connectivity index (χ0n) is 17.1. The van der Waals surface area contributed by atoms with Gasteiger partial charge in [0.2, 0.25) is 5.91 Å². The molecule has 1 fully saturated rings. The molecule has 3 rings (SSSR count). The average Bonchev–Trinajstić information content (AvgIpc) is 2.70. The first kappa shape index (κ1) is 21.3. The number of rotatable bonds is 9. The molecule has 2 N–H and O–H groups in total. The molecule has 0 spiro atoms. The fourth-order valence-electron chi connectivity index (χ4n) is 3.65. The normalized spacial score (nSPS) is 16.2. The molecule has 1 aliphatic heterocycles. The van der Waals surface area contributed by atoms with Crippen LogP contribution in [0.5, 0.6) is 5.75 Å². The van der Waals surface area contributed by atoms with Gasteiger partial charge >= 0.3 is 0 Å². The van der Waals surface area contributed by atoms with E-state index in [1.807, 2.05) is 24.3 Å². The van der Waals surface area contributed by atoms with E-state index in [0.29, 0.717) is 31.7 Å². The Morgan fingerprint density at radius 3 is 2.52 bits per heavy atom. The quantitative estimate of drug-likeness (QED) is 0.656. The van der Waals surface area contributed by atoms with Gasteiger partial charge in [-0.3, -0.25) is 4.79 Å². The smallest absolute Gasteiger partial charge is 0.240 e. The molecule has 0 radical (unpaired) electrons. The molecule has 1 heterocycles. The number of carbonyl (C=O) groups excluding carboxylic acids is 1. The first-order valence-corrected chi connectivity index (χ1v) is 10.1. The average molecular weight is 400 g/mol. The van der Waals surface area contributed by atoms with Gasteiger partial charge in [-0.1, -0.05) is 43.7 Å². The van der Waals surface area contributed by atoms with Gasteiger partial charge in [-0.25, -0.2) is 4.39 Å². The molecule has 2 aromatic rings. The van der Waals surface area contributed by atoms with Gasteiger partial charge < -0.3 is 20.1 Å². The number of benzene rings is 2. The van der Waals surface area contributed by atoms with Gasteiger partial charge in [0, 0.05) is 12.2 Å². The first-order chi connectivity index (χ1) is 14.0. The lowest BCUT2D eigenvalue weighted by Gasteiger charge is -2.50. The minimum atomic E-state index is -0.796. The summed E-state index contributed by atoms with van der Waals surface area (Å²) in [7, 11) is 1.61. The van der Waals surface area contributed by atoms with E-state index in [2.05, 4.69) is 6.92 Å². The molecule has 29 heavy (non-hydrogen) atoms. The molecule has 0 aromatic heterocycles. The number of ether oxygens (including phenoxy) is 2. The Kier molecular flexibility index (Phi) is 6.87. The predicted molar refractivity (Wildman–Crippen MR) is 110 cm³/mol. The lowest BCUT2D eigenvalue weighted by atomic mass is 9.84. The first-order valence-electron chi connectivity index (χ1n) is 10.1. The monoisotopic (exact) mass is 400 g/mol. The van der Waals surface area contributed by atoms with Crippen molar-refractivity contribution in [2.45, 2.75) is 37.8 Å². The highest BCUT2D eigenvalue weighted by Gasteiger charge is 2.49. The number of nitrogens with zero attached hydrogens (tertiary/aromatic N) is 1. The summed E-state index contributed by atoms with van der Waals surface area (Å²) < 4.78 is 25.7. The Morgan fingerprint density at radius 1 is 1.21 bits per heavy atom. The molecule has 0 bridgehead atoms. The van der Waals surface area contributed by atoms with Crippen molar-refractivity contribution >= 4 is 5.91 Å². The number of hydrogen-bond acceptors (Lipinski definition) is 4. The highest BCUT2D eigenvalue weighted by atomic mass is 19.1. The fraction of sp³-hybridized carbons (Fsp3) is 0.435. The van der Waals surface area contributed by atoms with Crippen molar-refractivity contribution in [1.82, 2.24) is 4.90 Å². The standard InChI is InChI=1S/C23H29FN2O3/c1-3-4-13-29-23(19-7-5-6-8-20(19)24)15-26(16-23)22(27)21(25)14-17-9-11-18(28-2)12-10-17/h5-12,21H,3-4,13-16,25H2,1-2H3. The minimum Gasteiger partial charge on any atom is -0.497 e. The topological polar surface area (TPSA) is 64.8 Å². The van der Waals surface area contributed by atoms with Crippen molar-refractivity contribution in [3.8, 4) is 5.75 Å². The lowest BCUT2D eigenvalue weighted by Crippen LogP contribution is -2.65. The molecular formula is C23H29FN2O3. The summed E-state index contributed by atoms with van der Waals surface area (Å²) in [5, 5.41) is 0. The predicted octanol–water partition coefficient (Wildman–Crippen LogP) is 3.26. The van der Waals surface area contributed by atoms with E-state index >= 15 is 0 Å². The Bertz CT molecular complexity index is 819. The third-order valence-electron chi connectivity index (χ3n) is 5.38. The Hall–Kier alpha value is -2.44. The third-order valence-corrected chi connectivity index (χ3v) is 5.38. The number of carbonyl (C=O) groups is 1. The van der Waals surface area contributed by atoms with E-state index < -0.39 is 11.6 Å². The summed E-state index contributed by atoms with van der Waals surface area (Å²) in [5.74, 6) is 0.306. The summed E-state index contributed by atoms with van der Waals surface area (Å²) >= 11 is 0. The van der Waals surface area contributed by atoms with E-state index in [9.17, 15) is 9.18 Å². The van der Waals surface area contributed by atoms with Crippen LogP contribution in [0.25, 0.3) is 0 Å².